The van der Waals surface area contributed by atoms with Crippen LogP contribution in [0.1, 0.15) is 30.9 Å². The first-order valence-corrected chi connectivity index (χ1v) is 7.15. The minimum absolute atomic E-state index is 0.288. The van der Waals surface area contributed by atoms with Crippen molar-refractivity contribution in [3.8, 4) is 5.75 Å². The number of hydrogen-bond acceptors (Lipinski definition) is 2. The molecule has 0 saturated heterocycles. The van der Waals surface area contributed by atoms with E-state index in [1.165, 1.54) is 18.4 Å². The van der Waals surface area contributed by atoms with Crippen LogP contribution in [-0.2, 0) is 12.8 Å². The number of hydrogen-bond donors (Lipinski definition) is 1. The van der Waals surface area contributed by atoms with Gasteiger partial charge in [-0.15, -0.1) is 0 Å². The van der Waals surface area contributed by atoms with E-state index in [2.05, 4.69) is 6.92 Å². The van der Waals surface area contributed by atoms with Crippen LogP contribution in [0.2, 0.25) is 5.02 Å². The fourth-order valence-corrected chi connectivity index (χ4v) is 3.11. The van der Waals surface area contributed by atoms with E-state index < -0.39 is 0 Å². The molecule has 2 nitrogen and oxygen atoms in total. The Morgan fingerprint density at radius 2 is 2.22 bits per heavy atom. The molecule has 3 rings (SSSR count). The zero-order valence-corrected chi connectivity index (χ0v) is 11.4. The SMILES string of the molecule is CC(C(O)Cc1cc(Cl)cc2c1OCC2)C1CC1. The molecule has 0 spiro atoms. The summed E-state index contributed by atoms with van der Waals surface area (Å²) in [7, 11) is 0. The maximum atomic E-state index is 10.3. The standard InChI is InChI=1S/C15H19ClO2/c1-9(10-2-3-10)14(17)8-12-7-13(16)6-11-4-5-18-15(11)12/h6-7,9-10,14,17H,2-5,8H2,1H3. The highest BCUT2D eigenvalue weighted by Crippen LogP contribution is 2.40. The molecule has 2 unspecified atom stereocenters. The lowest BCUT2D eigenvalue weighted by Gasteiger charge is -2.19. The largest absolute Gasteiger partial charge is 0.493 e. The van der Waals surface area contributed by atoms with E-state index in [9.17, 15) is 5.11 Å². The normalized spacial score (nSPS) is 21.3. The van der Waals surface area contributed by atoms with Gasteiger partial charge in [-0.05, 0) is 47.9 Å². The van der Waals surface area contributed by atoms with Crippen LogP contribution in [0.25, 0.3) is 0 Å². The average Bonchev–Trinajstić information content (AvgIpc) is 3.07. The molecule has 1 aromatic carbocycles. The molecular weight excluding hydrogens is 248 g/mol. The van der Waals surface area contributed by atoms with Crippen LogP contribution in [-0.4, -0.2) is 17.8 Å². The number of rotatable bonds is 4. The van der Waals surface area contributed by atoms with Crippen molar-refractivity contribution in [2.45, 2.75) is 38.7 Å². The van der Waals surface area contributed by atoms with Gasteiger partial charge < -0.3 is 9.84 Å². The van der Waals surface area contributed by atoms with Gasteiger partial charge in [-0.2, -0.15) is 0 Å². The number of benzene rings is 1. The van der Waals surface area contributed by atoms with Crippen LogP contribution >= 0.6 is 11.6 Å². The van der Waals surface area contributed by atoms with Gasteiger partial charge in [0.1, 0.15) is 5.75 Å². The summed E-state index contributed by atoms with van der Waals surface area (Å²) < 4.78 is 5.67. The molecule has 98 valence electrons. The Kier molecular flexibility index (Phi) is 3.25. The van der Waals surface area contributed by atoms with Gasteiger partial charge >= 0.3 is 0 Å². The average molecular weight is 267 g/mol. The molecule has 0 radical (unpaired) electrons. The first-order chi connectivity index (χ1) is 8.65. The predicted octanol–water partition coefficient (Wildman–Crippen LogP) is 3.22. The van der Waals surface area contributed by atoms with Crippen molar-refractivity contribution in [3.05, 3.63) is 28.3 Å². The van der Waals surface area contributed by atoms with Crippen molar-refractivity contribution in [1.82, 2.24) is 0 Å². The maximum absolute atomic E-state index is 10.3. The maximum Gasteiger partial charge on any atom is 0.126 e. The second-order valence-electron chi connectivity index (χ2n) is 5.62. The number of halogens is 1. The summed E-state index contributed by atoms with van der Waals surface area (Å²) in [6.45, 7) is 2.88. The Hall–Kier alpha value is -0.730. The first-order valence-electron chi connectivity index (χ1n) is 6.77. The minimum atomic E-state index is -0.288. The molecule has 1 saturated carbocycles. The van der Waals surface area contributed by atoms with Crippen molar-refractivity contribution in [1.29, 1.82) is 0 Å². The van der Waals surface area contributed by atoms with Crippen LogP contribution in [0.3, 0.4) is 0 Å². The van der Waals surface area contributed by atoms with Gasteiger partial charge in [0.15, 0.2) is 0 Å². The molecule has 3 heteroatoms. The summed E-state index contributed by atoms with van der Waals surface area (Å²) in [5.41, 5.74) is 2.25. The second kappa shape index (κ2) is 4.75. The summed E-state index contributed by atoms with van der Waals surface area (Å²) in [5, 5.41) is 11.1. The zero-order valence-electron chi connectivity index (χ0n) is 10.7. The van der Waals surface area contributed by atoms with E-state index in [-0.39, 0.29) is 6.10 Å². The fourth-order valence-electron chi connectivity index (χ4n) is 2.85. The van der Waals surface area contributed by atoms with E-state index in [1.54, 1.807) is 0 Å². The summed E-state index contributed by atoms with van der Waals surface area (Å²) in [6, 6.07) is 3.92. The number of aliphatic hydroxyl groups is 1. The van der Waals surface area contributed by atoms with Crippen molar-refractivity contribution in [2.24, 2.45) is 11.8 Å². The molecule has 1 N–H and O–H groups in total. The molecule has 0 amide bonds. The summed E-state index contributed by atoms with van der Waals surface area (Å²) >= 11 is 6.13. The monoisotopic (exact) mass is 266 g/mol. The topological polar surface area (TPSA) is 29.5 Å². The lowest BCUT2D eigenvalue weighted by atomic mass is 9.92. The van der Waals surface area contributed by atoms with Gasteiger partial charge in [-0.1, -0.05) is 18.5 Å². The summed E-state index contributed by atoms with van der Waals surface area (Å²) in [5.74, 6) is 2.05. The first kappa shape index (κ1) is 12.3. The molecule has 2 aliphatic rings. The zero-order chi connectivity index (χ0) is 12.7. The van der Waals surface area contributed by atoms with Crippen molar-refractivity contribution in [2.75, 3.05) is 6.61 Å². The second-order valence-corrected chi connectivity index (χ2v) is 6.06. The van der Waals surface area contributed by atoms with Crippen LogP contribution in [0, 0.1) is 11.8 Å². The van der Waals surface area contributed by atoms with Crippen molar-refractivity contribution >= 4 is 11.6 Å². The van der Waals surface area contributed by atoms with E-state index in [0.29, 0.717) is 18.3 Å². The van der Waals surface area contributed by atoms with E-state index in [0.717, 1.165) is 29.4 Å². The smallest absolute Gasteiger partial charge is 0.126 e. The van der Waals surface area contributed by atoms with E-state index in [1.807, 2.05) is 12.1 Å². The third kappa shape index (κ3) is 2.36. The van der Waals surface area contributed by atoms with Crippen LogP contribution in [0.4, 0.5) is 0 Å². The van der Waals surface area contributed by atoms with E-state index in [4.69, 9.17) is 16.3 Å². The van der Waals surface area contributed by atoms with Crippen LogP contribution in [0.5, 0.6) is 5.75 Å². The molecule has 1 aromatic rings. The molecule has 2 atom stereocenters. The predicted molar refractivity (Wildman–Crippen MR) is 72.2 cm³/mol. The Morgan fingerprint density at radius 1 is 1.44 bits per heavy atom. The van der Waals surface area contributed by atoms with Crippen LogP contribution < -0.4 is 4.74 Å². The highest BCUT2D eigenvalue weighted by atomic mass is 35.5. The summed E-state index contributed by atoms with van der Waals surface area (Å²) in [4.78, 5) is 0. The minimum Gasteiger partial charge on any atom is -0.493 e. The Labute approximate surface area is 113 Å². The lowest BCUT2D eigenvalue weighted by molar-refractivity contribution is 0.105. The van der Waals surface area contributed by atoms with E-state index >= 15 is 0 Å². The Morgan fingerprint density at radius 3 is 2.94 bits per heavy atom. The molecule has 1 aliphatic heterocycles. The molecule has 18 heavy (non-hydrogen) atoms. The highest BCUT2D eigenvalue weighted by molar-refractivity contribution is 6.30. The van der Waals surface area contributed by atoms with Gasteiger partial charge in [0.05, 0.1) is 12.7 Å². The number of aliphatic hydroxyl groups excluding tert-OH is 1. The number of ether oxygens (including phenoxy) is 1. The molecule has 1 heterocycles. The summed E-state index contributed by atoms with van der Waals surface area (Å²) in [6.07, 6.45) is 3.83. The quantitative estimate of drug-likeness (QED) is 0.907. The van der Waals surface area contributed by atoms with Gasteiger partial charge in [0.2, 0.25) is 0 Å². The number of fused-ring (bicyclic) bond motifs is 1. The highest BCUT2D eigenvalue weighted by Gasteiger charge is 2.33. The molecule has 0 aromatic heterocycles. The fraction of sp³-hybridized carbons (Fsp3) is 0.600. The van der Waals surface area contributed by atoms with Gasteiger partial charge in [-0.25, -0.2) is 0 Å². The molecule has 1 aliphatic carbocycles. The molecule has 1 fully saturated rings. The van der Waals surface area contributed by atoms with Gasteiger partial charge in [0, 0.05) is 17.9 Å². The van der Waals surface area contributed by atoms with Gasteiger partial charge in [0.25, 0.3) is 0 Å². The van der Waals surface area contributed by atoms with Crippen LogP contribution in [0.15, 0.2) is 12.1 Å². The van der Waals surface area contributed by atoms with Crippen molar-refractivity contribution in [3.63, 3.8) is 0 Å². The third-order valence-corrected chi connectivity index (χ3v) is 4.45. The van der Waals surface area contributed by atoms with Crippen molar-refractivity contribution < 1.29 is 9.84 Å². The molecule has 0 bridgehead atoms. The third-order valence-electron chi connectivity index (χ3n) is 4.23. The molecular formula is C15H19ClO2. The Bertz CT molecular complexity index is 454. The lowest BCUT2D eigenvalue weighted by Crippen LogP contribution is -2.22. The van der Waals surface area contributed by atoms with Gasteiger partial charge in [-0.3, -0.25) is 0 Å². The Balaban J connectivity index is 1.79.